The van der Waals surface area contributed by atoms with Crippen molar-refractivity contribution in [2.24, 2.45) is 0 Å². The summed E-state index contributed by atoms with van der Waals surface area (Å²) in [6.07, 6.45) is 17.5. The average Bonchev–Trinajstić information content (AvgIpc) is 3.34. The zero-order valence-corrected chi connectivity index (χ0v) is 38.8. The van der Waals surface area contributed by atoms with Crippen LogP contribution in [0.5, 0.6) is 17.2 Å². The van der Waals surface area contributed by atoms with Crippen LogP contribution in [0.1, 0.15) is 96.5 Å². The van der Waals surface area contributed by atoms with Crippen LogP contribution in [0.2, 0.25) is 0 Å². The highest BCUT2D eigenvalue weighted by molar-refractivity contribution is 5.71. The summed E-state index contributed by atoms with van der Waals surface area (Å²) in [5.74, 6) is 1.75. The molecule has 3 aliphatic rings. The first-order chi connectivity index (χ1) is 31.8. The molecule has 0 aliphatic heterocycles. The number of nitrogens with zero attached hydrogens (tertiary/aromatic N) is 6. The van der Waals surface area contributed by atoms with Crippen molar-refractivity contribution in [1.29, 1.82) is 0 Å². The second kappa shape index (κ2) is 20.3. The molecular formula is C56H66N6O3. The summed E-state index contributed by atoms with van der Waals surface area (Å²) in [5.41, 5.74) is 15.0. The van der Waals surface area contributed by atoms with Crippen LogP contribution in [-0.4, -0.2) is 84.7 Å². The van der Waals surface area contributed by atoms with Crippen LogP contribution < -0.4 is 4.74 Å². The van der Waals surface area contributed by atoms with Gasteiger partial charge in [0, 0.05) is 73.7 Å². The monoisotopic (exact) mass is 871 g/mol. The van der Waals surface area contributed by atoms with Crippen molar-refractivity contribution in [3.63, 3.8) is 0 Å². The van der Waals surface area contributed by atoms with Crippen LogP contribution >= 0.6 is 0 Å². The number of ether oxygens (including phenoxy) is 1. The summed E-state index contributed by atoms with van der Waals surface area (Å²) < 4.78 is 6.31. The number of hydrogen-bond acceptors (Lipinski definition) is 9. The lowest BCUT2D eigenvalue weighted by atomic mass is 9.84. The van der Waals surface area contributed by atoms with E-state index in [9.17, 15) is 10.2 Å². The molecule has 0 fully saturated rings. The Kier molecular flexibility index (Phi) is 13.9. The van der Waals surface area contributed by atoms with E-state index in [-0.39, 0.29) is 0 Å². The van der Waals surface area contributed by atoms with Crippen molar-refractivity contribution in [2.45, 2.75) is 123 Å². The van der Waals surface area contributed by atoms with Gasteiger partial charge < -0.3 is 14.9 Å². The number of rotatable bonds is 16. The summed E-state index contributed by atoms with van der Waals surface area (Å²) in [6, 6.07) is 28.8. The Balaban J connectivity index is 0.887. The number of aryl methyl sites for hydroxylation is 3. The van der Waals surface area contributed by atoms with Crippen LogP contribution in [-0.2, 0) is 58.2 Å². The lowest BCUT2D eigenvalue weighted by Gasteiger charge is -2.36. The number of benzene rings is 3. The third-order valence-corrected chi connectivity index (χ3v) is 14.7. The molecule has 2 N–H and O–H groups in total. The van der Waals surface area contributed by atoms with E-state index in [0.717, 1.165) is 143 Å². The maximum atomic E-state index is 11.5. The topological polar surface area (TPSA) is 98.1 Å². The summed E-state index contributed by atoms with van der Waals surface area (Å²) in [7, 11) is 1.81. The number of hydrogen-bond donors (Lipinski definition) is 2. The number of methoxy groups -OCH3 is 1. The molecule has 3 atom stereocenters. The standard InChI is InChI=1S/C56H66N6O3/c1-5-27-62(47-16-11-41-9-8-10-54(63)49(41)33-47)37-40-22-26-59-53(29-40)48-18-14-42-12-15-46(34-51(42)56(48)65-4)61(7-3)36-39-21-25-58-52(28-39)44-30-43-13-17-45(32-50(43)55(64)31-44)60(6-2)35-38-19-23-57-24-20-38/h8-10,14,18-26,28-31,45-47,63-64H,5-7,11-13,15-17,27,32-37H2,1-4H3/t45?,46?,47-/m1/s1. The molecule has 9 nitrogen and oxygen atoms in total. The number of aromatic hydroxyl groups is 2. The summed E-state index contributed by atoms with van der Waals surface area (Å²) >= 11 is 0. The first kappa shape index (κ1) is 44.6. The van der Waals surface area contributed by atoms with E-state index in [4.69, 9.17) is 14.7 Å². The summed E-state index contributed by atoms with van der Waals surface area (Å²) in [4.78, 5) is 21.7. The first-order valence-corrected chi connectivity index (χ1v) is 24.2. The van der Waals surface area contributed by atoms with Crippen molar-refractivity contribution in [1.82, 2.24) is 29.7 Å². The van der Waals surface area contributed by atoms with E-state index >= 15 is 0 Å². The summed E-state index contributed by atoms with van der Waals surface area (Å²) in [6.45, 7) is 12.2. The minimum atomic E-state index is 0.359. The van der Waals surface area contributed by atoms with Gasteiger partial charge in [-0.2, -0.15) is 0 Å². The third kappa shape index (κ3) is 9.84. The van der Waals surface area contributed by atoms with Crippen LogP contribution in [0.4, 0.5) is 0 Å². The Morgan fingerprint density at radius 1 is 0.569 bits per heavy atom. The van der Waals surface area contributed by atoms with Gasteiger partial charge in [-0.3, -0.25) is 29.7 Å². The number of fused-ring (bicyclic) bond motifs is 3. The normalized spacial score (nSPS) is 18.1. The molecule has 338 valence electrons. The Morgan fingerprint density at radius 2 is 1.14 bits per heavy atom. The van der Waals surface area contributed by atoms with Crippen LogP contribution in [0.15, 0.2) is 104 Å². The molecule has 2 unspecified atom stereocenters. The Hall–Kier alpha value is -5.61. The van der Waals surface area contributed by atoms with E-state index < -0.39 is 0 Å². The van der Waals surface area contributed by atoms with Gasteiger partial charge in [0.05, 0.1) is 18.5 Å². The molecule has 3 aromatic heterocycles. The van der Waals surface area contributed by atoms with Crippen LogP contribution in [0.25, 0.3) is 22.5 Å². The third-order valence-electron chi connectivity index (χ3n) is 14.7. The Bertz CT molecular complexity index is 2580. The highest BCUT2D eigenvalue weighted by Gasteiger charge is 2.30. The molecule has 3 heterocycles. The number of pyridine rings is 3. The molecule has 0 saturated carbocycles. The van der Waals surface area contributed by atoms with Gasteiger partial charge >= 0.3 is 0 Å². The molecule has 65 heavy (non-hydrogen) atoms. The van der Waals surface area contributed by atoms with Crippen molar-refractivity contribution < 1.29 is 14.9 Å². The fourth-order valence-electron chi connectivity index (χ4n) is 11.2. The van der Waals surface area contributed by atoms with Gasteiger partial charge in [0.1, 0.15) is 17.2 Å². The zero-order valence-electron chi connectivity index (χ0n) is 38.8. The van der Waals surface area contributed by atoms with Gasteiger partial charge in [-0.15, -0.1) is 0 Å². The Morgan fingerprint density at radius 3 is 1.82 bits per heavy atom. The van der Waals surface area contributed by atoms with E-state index in [2.05, 4.69) is 101 Å². The van der Waals surface area contributed by atoms with Gasteiger partial charge in [0.25, 0.3) is 0 Å². The lowest BCUT2D eigenvalue weighted by Crippen LogP contribution is -2.39. The quantitative estimate of drug-likeness (QED) is 0.0985. The Labute approximate surface area is 386 Å². The van der Waals surface area contributed by atoms with Crippen molar-refractivity contribution in [3.05, 3.63) is 154 Å². The molecule has 0 bridgehead atoms. The van der Waals surface area contributed by atoms with Gasteiger partial charge in [0.15, 0.2) is 0 Å². The molecule has 0 spiro atoms. The van der Waals surface area contributed by atoms with Gasteiger partial charge in [-0.1, -0.05) is 39.0 Å². The minimum absolute atomic E-state index is 0.359. The fraction of sp³-hybridized carbons (Fsp3) is 0.411. The molecule has 3 aromatic carbocycles. The van der Waals surface area contributed by atoms with Gasteiger partial charge in [-0.25, -0.2) is 0 Å². The number of aromatic nitrogens is 3. The molecule has 0 radical (unpaired) electrons. The molecular weight excluding hydrogens is 805 g/mol. The SMILES string of the molecule is CCCN(Cc1ccnc(-c2ccc3c(c2OC)CC(N(CC)Cc2ccnc(-c4cc(O)c5c(c4)CCC(N(CC)Cc4ccncc4)C5)c2)CC3)c1)[C@@H]1CCc2cccc(O)c2C1. The second-order valence-electron chi connectivity index (χ2n) is 18.6. The fourth-order valence-corrected chi connectivity index (χ4v) is 11.2. The van der Waals surface area contributed by atoms with Gasteiger partial charge in [0.2, 0.25) is 0 Å². The second-order valence-corrected chi connectivity index (χ2v) is 18.6. The molecule has 9 rings (SSSR count). The zero-order chi connectivity index (χ0) is 44.9. The smallest absolute Gasteiger partial charge is 0.131 e. The van der Waals surface area contributed by atoms with Crippen molar-refractivity contribution in [3.8, 4) is 39.8 Å². The van der Waals surface area contributed by atoms with E-state index in [1.165, 1.54) is 38.9 Å². The molecule has 3 aliphatic carbocycles. The van der Waals surface area contributed by atoms with Crippen molar-refractivity contribution in [2.75, 3.05) is 26.7 Å². The average molecular weight is 871 g/mol. The predicted octanol–water partition coefficient (Wildman–Crippen LogP) is 10.2. The lowest BCUT2D eigenvalue weighted by molar-refractivity contribution is 0.170. The molecule has 0 amide bonds. The number of phenols is 2. The van der Waals surface area contributed by atoms with E-state index in [1.54, 1.807) is 0 Å². The van der Waals surface area contributed by atoms with Gasteiger partial charge in [-0.05, 0) is 195 Å². The molecule has 6 aromatic rings. The van der Waals surface area contributed by atoms with Crippen LogP contribution in [0.3, 0.4) is 0 Å². The molecule has 9 heteroatoms. The largest absolute Gasteiger partial charge is 0.508 e. The number of phenolic OH excluding ortho intramolecular Hbond substituents is 2. The highest BCUT2D eigenvalue weighted by Crippen LogP contribution is 2.40. The highest BCUT2D eigenvalue weighted by atomic mass is 16.5. The van der Waals surface area contributed by atoms with E-state index in [1.807, 2.05) is 50.1 Å². The van der Waals surface area contributed by atoms with Crippen LogP contribution in [0, 0.1) is 0 Å². The molecule has 0 saturated heterocycles. The first-order valence-electron chi connectivity index (χ1n) is 24.2. The number of likely N-dealkylation sites (N-methyl/N-ethyl adjacent to an activating group) is 2. The predicted molar refractivity (Wildman–Crippen MR) is 260 cm³/mol. The summed E-state index contributed by atoms with van der Waals surface area (Å²) in [5, 5.41) is 22.1. The minimum Gasteiger partial charge on any atom is -0.508 e. The van der Waals surface area contributed by atoms with E-state index in [0.29, 0.717) is 29.6 Å². The van der Waals surface area contributed by atoms with Crippen molar-refractivity contribution >= 4 is 0 Å². The maximum absolute atomic E-state index is 11.5. The maximum Gasteiger partial charge on any atom is 0.131 e.